The van der Waals surface area contributed by atoms with E-state index in [-0.39, 0.29) is 15.7 Å². The lowest BCUT2D eigenvalue weighted by Gasteiger charge is -2.29. The average molecular weight is 640 g/mol. The lowest BCUT2D eigenvalue weighted by atomic mass is 9.98. The number of hydrogen-bond acceptors (Lipinski definition) is 9. The topological polar surface area (TPSA) is 153 Å². The van der Waals surface area contributed by atoms with Crippen molar-refractivity contribution >= 4 is 32.7 Å². The summed E-state index contributed by atoms with van der Waals surface area (Å²) in [7, 11) is -0.439. The Balaban J connectivity index is 0.000000700. The van der Waals surface area contributed by atoms with E-state index < -0.39 is 21.8 Å². The minimum Gasteiger partial charge on any atom is -0.494 e. The van der Waals surface area contributed by atoms with E-state index in [4.69, 9.17) is 38.4 Å². The average Bonchev–Trinajstić information content (AvgIpc) is 3.44. The van der Waals surface area contributed by atoms with Gasteiger partial charge in [0.25, 0.3) is 0 Å². The number of nitrogens with zero attached hydrogens (tertiary/aromatic N) is 1. The highest BCUT2D eigenvalue weighted by Gasteiger charge is 2.29. The molecule has 12 heteroatoms. The molecular weight excluding hydrogens is 602 g/mol. The van der Waals surface area contributed by atoms with Gasteiger partial charge in [-0.15, -0.1) is 0 Å². The van der Waals surface area contributed by atoms with Gasteiger partial charge < -0.3 is 28.8 Å². The van der Waals surface area contributed by atoms with Crippen LogP contribution < -0.4 is 14.2 Å². The van der Waals surface area contributed by atoms with E-state index in [1.165, 1.54) is 11.1 Å². The first-order valence-corrected chi connectivity index (χ1v) is 15.9. The molecule has 3 aromatic carbocycles. The number of sulfone groups is 1. The number of carbonyl (C=O) groups is 2. The predicted octanol–water partition coefficient (Wildman–Crippen LogP) is 5.39. The van der Waals surface area contributed by atoms with Crippen molar-refractivity contribution in [1.82, 2.24) is 4.90 Å². The Bertz CT molecular complexity index is 1750. The Labute approximate surface area is 261 Å². The van der Waals surface area contributed by atoms with Gasteiger partial charge in [-0.05, 0) is 72.5 Å². The molecule has 1 aliphatic heterocycles. The van der Waals surface area contributed by atoms with E-state index >= 15 is 0 Å². The molecule has 11 nitrogen and oxygen atoms in total. The number of fused-ring (bicyclic) bond motifs is 2. The number of para-hydroxylation sites is 1. The van der Waals surface area contributed by atoms with Crippen molar-refractivity contribution in [3.05, 3.63) is 77.6 Å². The molecule has 1 aromatic heterocycles. The second-order valence-electron chi connectivity index (χ2n) is 10.7. The summed E-state index contributed by atoms with van der Waals surface area (Å²) in [4.78, 5) is 21.1. The summed E-state index contributed by atoms with van der Waals surface area (Å²) in [5.41, 5.74) is 3.15. The molecule has 0 fully saturated rings. The second-order valence-corrected chi connectivity index (χ2v) is 12.6. The van der Waals surface area contributed by atoms with Crippen molar-refractivity contribution in [3.63, 3.8) is 0 Å². The van der Waals surface area contributed by atoms with Gasteiger partial charge in [-0.3, -0.25) is 4.90 Å². The van der Waals surface area contributed by atoms with Crippen molar-refractivity contribution in [2.75, 3.05) is 33.9 Å². The van der Waals surface area contributed by atoms with Gasteiger partial charge in [-0.25, -0.2) is 18.0 Å². The molecule has 2 N–H and O–H groups in total. The standard InChI is InChI=1S/C31H35NO6S.C2H2O4/c1-21(2)30-31(26-8-5-6-9-27(26)38-30)39(33,34)25-12-10-24(11-13-25)37-17-7-15-32-16-14-22-18-28(35-3)29(36-4)19-23(22)20-32;3-1(4)2(5)6/h5-6,8-13,18-19,21H,7,14-17,20H2,1-4H3;(H,3,4)(H,5,6). The number of ether oxygens (including phenoxy) is 3. The van der Waals surface area contributed by atoms with Crippen molar-refractivity contribution < 1.29 is 46.8 Å². The highest BCUT2D eigenvalue weighted by molar-refractivity contribution is 7.91. The molecule has 0 saturated heterocycles. The van der Waals surface area contributed by atoms with Crippen molar-refractivity contribution in [3.8, 4) is 17.2 Å². The van der Waals surface area contributed by atoms with Crippen molar-refractivity contribution in [2.24, 2.45) is 0 Å². The fraction of sp³-hybridized carbons (Fsp3) is 0.333. The van der Waals surface area contributed by atoms with Crippen LogP contribution in [0, 0.1) is 0 Å². The Kier molecular flexibility index (Phi) is 10.7. The van der Waals surface area contributed by atoms with E-state index in [0.29, 0.717) is 29.1 Å². The van der Waals surface area contributed by atoms with E-state index in [1.54, 1.807) is 50.6 Å². The van der Waals surface area contributed by atoms with Crippen LogP contribution in [0.2, 0.25) is 0 Å². The van der Waals surface area contributed by atoms with Crippen LogP contribution in [0.3, 0.4) is 0 Å². The molecule has 2 heterocycles. The fourth-order valence-electron chi connectivity index (χ4n) is 5.14. The molecule has 240 valence electrons. The minimum absolute atomic E-state index is 0.0666. The molecule has 5 rings (SSSR count). The number of aliphatic carboxylic acids is 2. The highest BCUT2D eigenvalue weighted by Crippen LogP contribution is 2.38. The molecular formula is C33H37NO10S. The van der Waals surface area contributed by atoms with Crippen LogP contribution in [0.1, 0.15) is 43.1 Å². The molecule has 0 bridgehead atoms. The molecule has 0 saturated carbocycles. The molecule has 0 amide bonds. The largest absolute Gasteiger partial charge is 0.494 e. The van der Waals surface area contributed by atoms with Gasteiger partial charge in [0.2, 0.25) is 9.84 Å². The second kappa shape index (κ2) is 14.5. The minimum atomic E-state index is -3.76. The quantitative estimate of drug-likeness (QED) is 0.170. The van der Waals surface area contributed by atoms with Crippen LogP contribution in [-0.2, 0) is 32.4 Å². The van der Waals surface area contributed by atoms with Crippen LogP contribution >= 0.6 is 0 Å². The van der Waals surface area contributed by atoms with E-state index in [9.17, 15) is 8.42 Å². The first kappa shape index (κ1) is 33.3. The smallest absolute Gasteiger partial charge is 0.414 e. The predicted molar refractivity (Wildman–Crippen MR) is 166 cm³/mol. The summed E-state index contributed by atoms with van der Waals surface area (Å²) in [5.74, 6) is -1.05. The number of methoxy groups -OCH3 is 2. The third kappa shape index (κ3) is 7.76. The first-order valence-electron chi connectivity index (χ1n) is 14.4. The molecule has 0 unspecified atom stereocenters. The Morgan fingerprint density at radius 1 is 0.933 bits per heavy atom. The Morgan fingerprint density at radius 2 is 1.56 bits per heavy atom. The van der Waals surface area contributed by atoms with Crippen LogP contribution in [-0.4, -0.2) is 69.4 Å². The third-order valence-corrected chi connectivity index (χ3v) is 9.22. The number of carboxylic acids is 2. The van der Waals surface area contributed by atoms with Gasteiger partial charge in [-0.2, -0.15) is 0 Å². The van der Waals surface area contributed by atoms with E-state index in [0.717, 1.165) is 44.0 Å². The SMILES string of the molecule is COc1cc2c(cc1OC)CN(CCCOc1ccc(S(=O)(=O)c3c(C(C)C)oc4ccccc34)cc1)CC2.O=C(O)C(=O)O. The van der Waals surface area contributed by atoms with Crippen LogP contribution in [0.15, 0.2) is 74.9 Å². The summed E-state index contributed by atoms with van der Waals surface area (Å²) in [6, 6.07) is 18.1. The zero-order valence-electron chi connectivity index (χ0n) is 25.6. The van der Waals surface area contributed by atoms with Gasteiger partial charge in [0.1, 0.15) is 22.0 Å². The number of hydrogen-bond donors (Lipinski definition) is 2. The monoisotopic (exact) mass is 639 g/mol. The van der Waals surface area contributed by atoms with Gasteiger partial charge in [0, 0.05) is 30.9 Å². The highest BCUT2D eigenvalue weighted by atomic mass is 32.2. The van der Waals surface area contributed by atoms with Crippen LogP contribution in [0.4, 0.5) is 0 Å². The lowest BCUT2D eigenvalue weighted by Crippen LogP contribution is -2.32. The molecule has 45 heavy (non-hydrogen) atoms. The van der Waals surface area contributed by atoms with Crippen molar-refractivity contribution in [1.29, 1.82) is 0 Å². The van der Waals surface area contributed by atoms with E-state index in [1.807, 2.05) is 26.0 Å². The normalized spacial score (nSPS) is 13.1. The summed E-state index contributed by atoms with van der Waals surface area (Å²) < 4.78 is 50.0. The number of rotatable bonds is 10. The molecule has 0 spiro atoms. The summed E-state index contributed by atoms with van der Waals surface area (Å²) >= 11 is 0. The maximum Gasteiger partial charge on any atom is 0.414 e. The van der Waals surface area contributed by atoms with Crippen molar-refractivity contribution in [2.45, 2.75) is 48.9 Å². The zero-order valence-corrected chi connectivity index (χ0v) is 26.4. The molecule has 0 aliphatic carbocycles. The maximum atomic E-state index is 13.6. The fourth-order valence-corrected chi connectivity index (χ4v) is 6.87. The molecule has 1 aliphatic rings. The van der Waals surface area contributed by atoms with Gasteiger partial charge >= 0.3 is 11.9 Å². The number of furan rings is 1. The summed E-state index contributed by atoms with van der Waals surface area (Å²) in [6.07, 6.45) is 1.83. The van der Waals surface area contributed by atoms with Crippen LogP contribution in [0.25, 0.3) is 11.0 Å². The van der Waals surface area contributed by atoms with Gasteiger partial charge in [0.15, 0.2) is 11.5 Å². The Morgan fingerprint density at radius 3 is 2.16 bits per heavy atom. The lowest BCUT2D eigenvalue weighted by molar-refractivity contribution is -0.159. The van der Waals surface area contributed by atoms with Crippen LogP contribution in [0.5, 0.6) is 17.2 Å². The van der Waals surface area contributed by atoms with E-state index in [2.05, 4.69) is 17.0 Å². The summed E-state index contributed by atoms with van der Waals surface area (Å²) in [5, 5.41) is 15.4. The molecule has 4 aromatic rings. The molecule has 0 atom stereocenters. The summed E-state index contributed by atoms with van der Waals surface area (Å²) in [6.45, 7) is 7.17. The zero-order chi connectivity index (χ0) is 32.7. The number of carboxylic acid groups (broad SMARTS) is 2. The Hall–Kier alpha value is -4.55. The van der Waals surface area contributed by atoms with Gasteiger partial charge in [0.05, 0.1) is 25.7 Å². The number of benzene rings is 3. The maximum absolute atomic E-state index is 13.6. The third-order valence-electron chi connectivity index (χ3n) is 7.37. The first-order chi connectivity index (χ1) is 21.5. The molecule has 0 radical (unpaired) electrons. The van der Waals surface area contributed by atoms with Gasteiger partial charge in [-0.1, -0.05) is 26.0 Å².